The van der Waals surface area contributed by atoms with Crippen LogP contribution in [0.1, 0.15) is 49.9 Å². The van der Waals surface area contributed by atoms with Crippen LogP contribution in [0.2, 0.25) is 0 Å². The summed E-state index contributed by atoms with van der Waals surface area (Å²) < 4.78 is 5.44. The number of piperidine rings is 1. The van der Waals surface area contributed by atoms with Crippen molar-refractivity contribution >= 4 is 22.9 Å². The summed E-state index contributed by atoms with van der Waals surface area (Å²) in [5.74, 6) is 3.18. The van der Waals surface area contributed by atoms with Gasteiger partial charge in [0, 0.05) is 26.2 Å². The molecule has 1 N–H and O–H groups in total. The Morgan fingerprint density at radius 1 is 1.09 bits per heavy atom. The normalized spacial score (nSPS) is 22.0. The lowest BCUT2D eigenvalue weighted by molar-refractivity contribution is -0.134. The Hall–Kier alpha value is -3.09. The van der Waals surface area contributed by atoms with Crippen LogP contribution in [0, 0.1) is 5.92 Å². The summed E-state index contributed by atoms with van der Waals surface area (Å²) in [6.07, 6.45) is 6.41. The van der Waals surface area contributed by atoms with Crippen LogP contribution in [0.15, 0.2) is 36.4 Å². The lowest BCUT2D eigenvalue weighted by Crippen LogP contribution is -2.44. The van der Waals surface area contributed by atoms with Gasteiger partial charge in [-0.15, -0.1) is 0 Å². The molecule has 6 rings (SSSR count). The van der Waals surface area contributed by atoms with Gasteiger partial charge in [0.2, 0.25) is 5.91 Å². The minimum absolute atomic E-state index is 0.0756. The van der Waals surface area contributed by atoms with Crippen molar-refractivity contribution in [3.8, 4) is 5.75 Å². The number of H-pyrrole nitrogens is 1. The molecule has 4 heterocycles. The lowest BCUT2D eigenvalue weighted by Gasteiger charge is -2.34. The number of hydrogen-bond acceptors (Lipinski definition) is 5. The van der Waals surface area contributed by atoms with Crippen molar-refractivity contribution in [3.63, 3.8) is 0 Å². The maximum Gasteiger partial charge on any atom is 0.227 e. The van der Waals surface area contributed by atoms with Gasteiger partial charge >= 0.3 is 0 Å². The van der Waals surface area contributed by atoms with E-state index in [2.05, 4.69) is 39.0 Å². The number of aromatic nitrogens is 3. The molecule has 2 saturated heterocycles. The molecule has 1 saturated carbocycles. The quantitative estimate of drug-likeness (QED) is 0.645. The highest BCUT2D eigenvalue weighted by molar-refractivity contribution is 5.80. The molecule has 1 aliphatic carbocycles. The van der Waals surface area contributed by atoms with Crippen LogP contribution in [0.3, 0.4) is 0 Å². The Morgan fingerprint density at radius 3 is 2.73 bits per heavy atom. The van der Waals surface area contributed by atoms with Crippen molar-refractivity contribution in [2.75, 3.05) is 38.2 Å². The molecule has 3 aromatic rings. The van der Waals surface area contributed by atoms with E-state index in [-0.39, 0.29) is 11.3 Å². The maximum atomic E-state index is 12.9. The number of likely N-dealkylation sites (tertiary alicyclic amines) is 1. The van der Waals surface area contributed by atoms with Crippen LogP contribution in [0.4, 0.5) is 5.82 Å². The third kappa shape index (κ3) is 3.63. The molecule has 0 spiro atoms. The maximum absolute atomic E-state index is 12.9. The van der Waals surface area contributed by atoms with Gasteiger partial charge in [0.1, 0.15) is 17.4 Å². The van der Waals surface area contributed by atoms with E-state index in [1.165, 1.54) is 5.56 Å². The summed E-state index contributed by atoms with van der Waals surface area (Å²) in [4.78, 5) is 30.7. The fourth-order valence-corrected chi connectivity index (χ4v) is 5.58. The first-order valence-corrected chi connectivity index (χ1v) is 12.2. The van der Waals surface area contributed by atoms with Crippen LogP contribution in [-0.4, -0.2) is 59.0 Å². The number of imidazole rings is 1. The van der Waals surface area contributed by atoms with Crippen LogP contribution >= 0.6 is 0 Å². The number of ether oxygens (including phenoxy) is 1. The summed E-state index contributed by atoms with van der Waals surface area (Å²) in [6.45, 7) is 3.53. The fraction of sp³-hybridized carbons (Fsp3) is 0.500. The average Bonchev–Trinajstić information content (AvgIpc) is 3.28. The van der Waals surface area contributed by atoms with Crippen molar-refractivity contribution in [2.45, 2.75) is 43.9 Å². The Labute approximate surface area is 194 Å². The van der Waals surface area contributed by atoms with Gasteiger partial charge in [0.05, 0.1) is 24.0 Å². The fourth-order valence-electron chi connectivity index (χ4n) is 5.58. The van der Waals surface area contributed by atoms with Crippen LogP contribution < -0.4 is 9.64 Å². The summed E-state index contributed by atoms with van der Waals surface area (Å²) in [5.41, 5.74) is 2.88. The molecule has 2 aromatic heterocycles. The topological polar surface area (TPSA) is 74.4 Å². The number of anilines is 1. The minimum atomic E-state index is -0.0756. The highest BCUT2D eigenvalue weighted by Crippen LogP contribution is 2.53. The number of nitrogens with zero attached hydrogens (tertiary/aromatic N) is 4. The zero-order valence-corrected chi connectivity index (χ0v) is 19.2. The Balaban J connectivity index is 1.25. The van der Waals surface area contributed by atoms with E-state index in [9.17, 15) is 4.79 Å². The van der Waals surface area contributed by atoms with E-state index in [1.54, 1.807) is 7.11 Å². The van der Waals surface area contributed by atoms with E-state index < -0.39 is 0 Å². The van der Waals surface area contributed by atoms with Gasteiger partial charge < -0.3 is 19.5 Å². The second-order valence-electron chi connectivity index (χ2n) is 9.76. The number of fused-ring (bicyclic) bond motifs is 1. The molecule has 0 bridgehead atoms. The molecule has 7 nitrogen and oxygen atoms in total. The van der Waals surface area contributed by atoms with Gasteiger partial charge in [-0.25, -0.2) is 9.97 Å². The zero-order valence-electron chi connectivity index (χ0n) is 19.2. The van der Waals surface area contributed by atoms with Crippen molar-refractivity contribution in [2.24, 2.45) is 5.92 Å². The average molecular weight is 446 g/mol. The summed E-state index contributed by atoms with van der Waals surface area (Å²) in [6, 6.07) is 12.5. The van der Waals surface area contributed by atoms with Gasteiger partial charge in [-0.2, -0.15) is 0 Å². The van der Waals surface area contributed by atoms with E-state index in [0.29, 0.717) is 5.91 Å². The molecule has 0 radical (unpaired) electrons. The summed E-state index contributed by atoms with van der Waals surface area (Å²) >= 11 is 0. The Kier molecular flexibility index (Phi) is 5.00. The number of pyridine rings is 1. The van der Waals surface area contributed by atoms with Gasteiger partial charge in [0.25, 0.3) is 0 Å². The van der Waals surface area contributed by atoms with E-state index in [4.69, 9.17) is 14.7 Å². The van der Waals surface area contributed by atoms with Gasteiger partial charge in [-0.1, -0.05) is 12.1 Å². The molecule has 1 atom stereocenters. The SMILES string of the molecule is COc1cccc(C2(c3nc4nc(N5CCCC(C(=O)N6CCCC6)C5)ccc4[nH]3)CC2)c1. The second kappa shape index (κ2) is 8.04. The predicted molar refractivity (Wildman–Crippen MR) is 128 cm³/mol. The molecule has 1 aromatic carbocycles. The molecule has 3 aliphatic rings. The number of amides is 1. The van der Waals surface area contributed by atoms with Crippen molar-refractivity contribution in [1.82, 2.24) is 19.9 Å². The van der Waals surface area contributed by atoms with Crippen molar-refractivity contribution in [3.05, 3.63) is 47.8 Å². The number of nitrogens with one attached hydrogen (secondary N) is 1. The zero-order chi connectivity index (χ0) is 22.4. The molecule has 2 aliphatic heterocycles. The second-order valence-corrected chi connectivity index (χ2v) is 9.76. The Bertz CT molecular complexity index is 1180. The first-order chi connectivity index (χ1) is 16.2. The van der Waals surface area contributed by atoms with Gasteiger partial charge in [0.15, 0.2) is 5.65 Å². The standard InChI is InChI=1S/C26H31N5O2/c1-33-20-8-4-7-19(16-20)26(11-12-26)25-27-21-9-10-22(28-23(21)29-25)31-15-5-6-18(17-31)24(32)30-13-2-3-14-30/h4,7-10,16,18H,2-3,5-6,11-15,17H2,1H3,(H,27,28,29). The number of carbonyl (C=O) groups is 1. The molecular formula is C26H31N5O2. The number of aromatic amines is 1. The third-order valence-electron chi connectivity index (χ3n) is 7.67. The van der Waals surface area contributed by atoms with E-state index in [0.717, 1.165) is 93.3 Å². The highest BCUT2D eigenvalue weighted by atomic mass is 16.5. The molecule has 1 unspecified atom stereocenters. The van der Waals surface area contributed by atoms with Gasteiger partial charge in [-0.3, -0.25) is 4.79 Å². The number of carbonyl (C=O) groups excluding carboxylic acids is 1. The number of rotatable bonds is 5. The van der Waals surface area contributed by atoms with Crippen LogP contribution in [0.5, 0.6) is 5.75 Å². The predicted octanol–water partition coefficient (Wildman–Crippen LogP) is 3.89. The number of methoxy groups -OCH3 is 1. The van der Waals surface area contributed by atoms with E-state index >= 15 is 0 Å². The minimum Gasteiger partial charge on any atom is -0.497 e. The van der Waals surface area contributed by atoms with E-state index in [1.807, 2.05) is 12.1 Å². The third-order valence-corrected chi connectivity index (χ3v) is 7.67. The lowest BCUT2D eigenvalue weighted by atomic mass is 9.95. The smallest absolute Gasteiger partial charge is 0.227 e. The first kappa shape index (κ1) is 20.5. The monoisotopic (exact) mass is 445 g/mol. The highest BCUT2D eigenvalue weighted by Gasteiger charge is 2.49. The molecule has 33 heavy (non-hydrogen) atoms. The van der Waals surface area contributed by atoms with Crippen molar-refractivity contribution < 1.29 is 9.53 Å². The van der Waals surface area contributed by atoms with Crippen molar-refractivity contribution in [1.29, 1.82) is 0 Å². The summed E-state index contributed by atoms with van der Waals surface area (Å²) in [7, 11) is 1.70. The molecule has 1 amide bonds. The van der Waals surface area contributed by atoms with Gasteiger partial charge in [-0.05, 0) is 68.4 Å². The van der Waals surface area contributed by atoms with Crippen LogP contribution in [-0.2, 0) is 10.2 Å². The summed E-state index contributed by atoms with van der Waals surface area (Å²) in [5, 5.41) is 0. The number of benzene rings is 1. The van der Waals surface area contributed by atoms with Crippen LogP contribution in [0.25, 0.3) is 11.2 Å². The molecular weight excluding hydrogens is 414 g/mol. The largest absolute Gasteiger partial charge is 0.497 e. The Morgan fingerprint density at radius 2 is 1.94 bits per heavy atom. The molecule has 172 valence electrons. The first-order valence-electron chi connectivity index (χ1n) is 12.2. The molecule has 3 fully saturated rings. The molecule has 7 heteroatoms. The number of hydrogen-bond donors (Lipinski definition) is 1.